The summed E-state index contributed by atoms with van der Waals surface area (Å²) in [5.74, 6) is 1.08. The van der Waals surface area contributed by atoms with Crippen LogP contribution < -0.4 is 10.1 Å². The summed E-state index contributed by atoms with van der Waals surface area (Å²) in [5.41, 5.74) is 5.81. The molecule has 2 aliphatic rings. The Bertz CT molecular complexity index is 650. The van der Waals surface area contributed by atoms with Crippen molar-refractivity contribution in [2.45, 2.75) is 31.7 Å². The van der Waals surface area contributed by atoms with Gasteiger partial charge in [0.1, 0.15) is 5.75 Å². The average Bonchev–Trinajstić information content (AvgIpc) is 3.14. The first-order chi connectivity index (χ1) is 10.4. The smallest absolute Gasteiger partial charge is 0.122 e. The lowest BCUT2D eigenvalue weighted by atomic mass is 10.1. The molecule has 0 radical (unpaired) electrons. The molecule has 0 fully saturated rings. The van der Waals surface area contributed by atoms with Crippen molar-refractivity contribution in [1.29, 1.82) is 0 Å². The van der Waals surface area contributed by atoms with Gasteiger partial charge < -0.3 is 10.1 Å². The molecule has 0 bridgehead atoms. The number of nitrogens with one attached hydrogen (secondary N) is 1. The Kier molecular flexibility index (Phi) is 3.40. The van der Waals surface area contributed by atoms with Crippen LogP contribution in [0.1, 0.15) is 34.7 Å². The summed E-state index contributed by atoms with van der Waals surface area (Å²) in [4.78, 5) is 0. The number of aryl methyl sites for hydroxylation is 1. The second-order valence-corrected chi connectivity index (χ2v) is 6.03. The molecule has 1 heterocycles. The minimum atomic E-state index is 0.541. The van der Waals surface area contributed by atoms with Crippen LogP contribution >= 0.6 is 0 Å². The lowest BCUT2D eigenvalue weighted by molar-refractivity contribution is 0.357. The summed E-state index contributed by atoms with van der Waals surface area (Å²) in [5, 5.41) is 3.72. The van der Waals surface area contributed by atoms with Crippen LogP contribution in [0.5, 0.6) is 5.75 Å². The maximum atomic E-state index is 5.56. The van der Waals surface area contributed by atoms with E-state index in [0.29, 0.717) is 6.04 Å². The van der Waals surface area contributed by atoms with Crippen molar-refractivity contribution < 1.29 is 4.74 Å². The Morgan fingerprint density at radius 1 is 1.05 bits per heavy atom. The zero-order chi connectivity index (χ0) is 14.1. The summed E-state index contributed by atoms with van der Waals surface area (Å²) in [6, 6.07) is 16.0. The molecule has 2 aromatic carbocycles. The van der Waals surface area contributed by atoms with Gasteiger partial charge >= 0.3 is 0 Å². The predicted octanol–water partition coefficient (Wildman–Crippen LogP) is 3.44. The minimum Gasteiger partial charge on any atom is -0.493 e. The zero-order valence-corrected chi connectivity index (χ0v) is 12.3. The van der Waals surface area contributed by atoms with E-state index >= 15 is 0 Å². The van der Waals surface area contributed by atoms with Gasteiger partial charge in [-0.05, 0) is 54.1 Å². The van der Waals surface area contributed by atoms with Crippen LogP contribution in [0, 0.1) is 0 Å². The molecule has 0 spiro atoms. The molecular formula is C19H21NO. The third-order valence-corrected chi connectivity index (χ3v) is 4.69. The predicted molar refractivity (Wildman–Crippen MR) is 84.9 cm³/mol. The van der Waals surface area contributed by atoms with E-state index in [-0.39, 0.29) is 0 Å². The highest BCUT2D eigenvalue weighted by Gasteiger charge is 2.20. The van der Waals surface area contributed by atoms with Gasteiger partial charge in [0.25, 0.3) is 0 Å². The first-order valence-corrected chi connectivity index (χ1v) is 7.96. The second-order valence-electron chi connectivity index (χ2n) is 6.03. The van der Waals surface area contributed by atoms with Crippen molar-refractivity contribution >= 4 is 0 Å². The summed E-state index contributed by atoms with van der Waals surface area (Å²) in [7, 11) is 0. The first kappa shape index (κ1) is 12.9. The number of hydrogen-bond acceptors (Lipinski definition) is 2. The van der Waals surface area contributed by atoms with E-state index in [9.17, 15) is 0 Å². The van der Waals surface area contributed by atoms with E-state index < -0.39 is 0 Å². The molecule has 108 valence electrons. The molecule has 1 aliphatic carbocycles. The Hall–Kier alpha value is -1.80. The Morgan fingerprint density at radius 2 is 2.00 bits per heavy atom. The van der Waals surface area contributed by atoms with E-state index in [4.69, 9.17) is 4.74 Å². The number of ether oxygens (including phenoxy) is 1. The van der Waals surface area contributed by atoms with E-state index in [1.54, 1.807) is 0 Å². The summed E-state index contributed by atoms with van der Waals surface area (Å²) in [6.45, 7) is 1.88. The van der Waals surface area contributed by atoms with E-state index in [1.807, 2.05) is 0 Å². The molecule has 21 heavy (non-hydrogen) atoms. The van der Waals surface area contributed by atoms with Crippen molar-refractivity contribution in [3.63, 3.8) is 0 Å². The lowest BCUT2D eigenvalue weighted by Gasteiger charge is -2.14. The molecule has 2 aromatic rings. The van der Waals surface area contributed by atoms with Crippen LogP contribution in [0.2, 0.25) is 0 Å². The minimum absolute atomic E-state index is 0.541. The maximum absolute atomic E-state index is 5.56. The molecule has 1 aliphatic heterocycles. The van der Waals surface area contributed by atoms with Crippen LogP contribution in [-0.2, 0) is 19.3 Å². The monoisotopic (exact) mass is 279 g/mol. The summed E-state index contributed by atoms with van der Waals surface area (Å²) >= 11 is 0. The molecule has 0 amide bonds. The molecule has 4 rings (SSSR count). The molecule has 0 saturated heterocycles. The molecule has 0 aromatic heterocycles. The van der Waals surface area contributed by atoms with E-state index in [2.05, 4.69) is 47.8 Å². The van der Waals surface area contributed by atoms with E-state index in [1.165, 1.54) is 35.1 Å². The van der Waals surface area contributed by atoms with Gasteiger partial charge in [0.15, 0.2) is 0 Å². The van der Waals surface area contributed by atoms with Crippen molar-refractivity contribution in [3.05, 3.63) is 64.7 Å². The number of rotatable bonds is 4. The fraction of sp³-hybridized carbons (Fsp3) is 0.368. The fourth-order valence-electron chi connectivity index (χ4n) is 3.56. The van der Waals surface area contributed by atoms with Crippen molar-refractivity contribution in [2.75, 3.05) is 13.2 Å². The normalized spacial score (nSPS) is 19.1. The highest BCUT2D eigenvalue weighted by atomic mass is 16.5. The fourth-order valence-corrected chi connectivity index (χ4v) is 3.56. The molecule has 1 atom stereocenters. The second kappa shape index (κ2) is 5.53. The highest BCUT2D eigenvalue weighted by Crippen LogP contribution is 2.30. The van der Waals surface area contributed by atoms with Crippen molar-refractivity contribution in [2.24, 2.45) is 0 Å². The van der Waals surface area contributed by atoms with Crippen molar-refractivity contribution in [3.8, 4) is 5.75 Å². The van der Waals surface area contributed by atoms with Gasteiger partial charge in [-0.15, -0.1) is 0 Å². The first-order valence-electron chi connectivity index (χ1n) is 7.96. The van der Waals surface area contributed by atoms with Crippen molar-refractivity contribution in [1.82, 2.24) is 5.32 Å². The average molecular weight is 279 g/mol. The lowest BCUT2D eigenvalue weighted by Crippen LogP contribution is -2.21. The highest BCUT2D eigenvalue weighted by molar-refractivity contribution is 5.40. The number of fused-ring (bicyclic) bond motifs is 2. The van der Waals surface area contributed by atoms with Gasteiger partial charge in [-0.1, -0.05) is 36.4 Å². The van der Waals surface area contributed by atoms with Gasteiger partial charge in [-0.2, -0.15) is 0 Å². The maximum Gasteiger partial charge on any atom is 0.122 e. The topological polar surface area (TPSA) is 21.3 Å². The van der Waals surface area contributed by atoms with Gasteiger partial charge in [-0.3, -0.25) is 0 Å². The van der Waals surface area contributed by atoms with Gasteiger partial charge in [0, 0.05) is 12.5 Å². The standard InChI is InChI=1S/C19H21NO/c1-2-4-17-15(3-1)6-7-18(17)20-11-9-14-5-8-19-16(13-14)10-12-21-19/h1-5,8,13,18,20H,6-7,9-12H2. The molecule has 2 nitrogen and oxygen atoms in total. The summed E-state index contributed by atoms with van der Waals surface area (Å²) in [6.07, 6.45) is 4.60. The quantitative estimate of drug-likeness (QED) is 0.925. The van der Waals surface area contributed by atoms with Crippen LogP contribution in [0.15, 0.2) is 42.5 Å². The number of benzene rings is 2. The molecule has 2 heteroatoms. The van der Waals surface area contributed by atoms with Crippen LogP contribution in [0.4, 0.5) is 0 Å². The van der Waals surface area contributed by atoms with Gasteiger partial charge in [0.05, 0.1) is 6.61 Å². The Labute approximate surface area is 126 Å². The molecular weight excluding hydrogens is 258 g/mol. The van der Waals surface area contributed by atoms with E-state index in [0.717, 1.165) is 31.7 Å². The largest absolute Gasteiger partial charge is 0.493 e. The zero-order valence-electron chi connectivity index (χ0n) is 12.3. The third kappa shape index (κ3) is 2.56. The van der Waals surface area contributed by atoms with Crippen LogP contribution in [0.25, 0.3) is 0 Å². The van der Waals surface area contributed by atoms with Crippen LogP contribution in [0.3, 0.4) is 0 Å². The van der Waals surface area contributed by atoms with Crippen LogP contribution in [-0.4, -0.2) is 13.2 Å². The van der Waals surface area contributed by atoms with Gasteiger partial charge in [-0.25, -0.2) is 0 Å². The van der Waals surface area contributed by atoms with Gasteiger partial charge in [0.2, 0.25) is 0 Å². The Morgan fingerprint density at radius 3 is 3.00 bits per heavy atom. The third-order valence-electron chi connectivity index (χ3n) is 4.69. The SMILES string of the molecule is c1ccc2c(c1)CCC2NCCc1ccc2c(c1)CCO2. The molecule has 1 unspecified atom stereocenters. The summed E-state index contributed by atoms with van der Waals surface area (Å²) < 4.78 is 5.56. The molecule has 1 N–H and O–H groups in total. The Balaban J connectivity index is 1.36. The molecule has 0 saturated carbocycles. The number of hydrogen-bond donors (Lipinski definition) is 1.